The lowest BCUT2D eigenvalue weighted by Gasteiger charge is -2.18. The van der Waals surface area contributed by atoms with Gasteiger partial charge in [0.2, 0.25) is 11.5 Å². The number of rotatable bonds is 9. The number of fused-ring (bicyclic) bond motifs is 1. The number of para-hydroxylation sites is 1. The Kier molecular flexibility index (Phi) is 11.3. The number of likely N-dealkylation sites (N-methyl/N-ethyl adjacent to an activating group) is 1. The smallest absolute Gasteiger partial charge is 0.226 e. The van der Waals surface area contributed by atoms with E-state index in [1.165, 1.54) is 0 Å². The lowest BCUT2D eigenvalue weighted by Crippen LogP contribution is -2.34. The van der Waals surface area contributed by atoms with Crippen LogP contribution in [0.25, 0.3) is 11.0 Å². The molecule has 0 aliphatic carbocycles. The second-order valence-corrected chi connectivity index (χ2v) is 9.04. The van der Waals surface area contributed by atoms with Crippen LogP contribution in [-0.4, -0.2) is 39.3 Å². The molecule has 37 heavy (non-hydrogen) atoms. The lowest BCUT2D eigenvalue weighted by atomic mass is 10.1. The quantitative estimate of drug-likeness (QED) is 0.230. The average molecular weight is 651 g/mol. The van der Waals surface area contributed by atoms with E-state index in [1.54, 1.807) is 40.8 Å². The van der Waals surface area contributed by atoms with Crippen LogP contribution in [0, 0.1) is 5.41 Å². The van der Waals surface area contributed by atoms with E-state index in [9.17, 15) is 9.59 Å². The highest BCUT2D eigenvalue weighted by molar-refractivity contribution is 8.93. The number of nitrogens with zero attached hydrogens (tertiary/aromatic N) is 3. The highest BCUT2D eigenvalue weighted by Gasteiger charge is 2.18. The fourth-order valence-corrected chi connectivity index (χ4v) is 4.41. The molecule has 0 aliphatic heterocycles. The number of hydrogen-bond donors (Lipinski definition) is 1. The number of ketones is 1. The minimum Gasteiger partial charge on any atom is -0.344 e. The number of benzene rings is 3. The lowest BCUT2D eigenvalue weighted by molar-refractivity contribution is -0.129. The van der Waals surface area contributed by atoms with Gasteiger partial charge in [-0.25, -0.2) is 0 Å². The van der Waals surface area contributed by atoms with Gasteiger partial charge in [0.1, 0.15) is 0 Å². The molecule has 9 heteroatoms. The molecule has 1 amide bonds. The van der Waals surface area contributed by atoms with Gasteiger partial charge in [-0.05, 0) is 47.9 Å². The van der Waals surface area contributed by atoms with Gasteiger partial charge in [-0.3, -0.25) is 15.0 Å². The van der Waals surface area contributed by atoms with Crippen LogP contribution in [0.15, 0.2) is 72.8 Å². The van der Waals surface area contributed by atoms with Crippen LogP contribution in [0.3, 0.4) is 0 Å². The van der Waals surface area contributed by atoms with Gasteiger partial charge in [0.25, 0.3) is 0 Å². The fraction of sp³-hybridized carbons (Fsp3) is 0.250. The van der Waals surface area contributed by atoms with Gasteiger partial charge in [-0.1, -0.05) is 61.0 Å². The normalized spacial score (nSPS) is 10.5. The summed E-state index contributed by atoms with van der Waals surface area (Å²) in [6, 6.07) is 22.4. The molecular weight excluding hydrogens is 620 g/mol. The Labute approximate surface area is 242 Å². The zero-order valence-corrected chi connectivity index (χ0v) is 25.0. The van der Waals surface area contributed by atoms with E-state index in [4.69, 9.17) is 17.0 Å². The molecule has 0 aliphatic rings. The molecule has 0 atom stereocenters. The Morgan fingerprint density at radius 2 is 1.59 bits per heavy atom. The first-order valence-corrected chi connectivity index (χ1v) is 12.1. The maximum Gasteiger partial charge on any atom is 0.226 e. The van der Waals surface area contributed by atoms with E-state index in [2.05, 4.69) is 6.92 Å². The van der Waals surface area contributed by atoms with E-state index in [1.807, 2.05) is 53.1 Å². The molecule has 0 fully saturated rings. The van der Waals surface area contributed by atoms with Crippen molar-refractivity contribution in [2.45, 2.75) is 32.9 Å². The largest absolute Gasteiger partial charge is 0.344 e. The first kappa shape index (κ1) is 30.5. The van der Waals surface area contributed by atoms with Gasteiger partial charge in [0, 0.05) is 30.7 Å². The molecule has 0 bridgehead atoms. The molecule has 1 N–H and O–H groups in total. The van der Waals surface area contributed by atoms with Crippen molar-refractivity contribution in [1.82, 2.24) is 14.0 Å². The number of hydrogen-bond acceptors (Lipinski definition) is 3. The van der Waals surface area contributed by atoms with Crippen molar-refractivity contribution < 1.29 is 9.59 Å². The standard InChI is InChI=1S/C28H29ClN4O2.2BrH/c1-3-21-10-7-11-24-27(21)32(17-16-31(2)26(35)18-20-8-5-4-6-9-20)28(30)33(24)19-25(34)22-12-14-23(29)15-13-22;;/h4-15,30H,3,16-19H2,1-2H3;2*1H. The molecule has 0 unspecified atom stereocenters. The highest BCUT2D eigenvalue weighted by Crippen LogP contribution is 2.20. The second kappa shape index (κ2) is 13.7. The highest BCUT2D eigenvalue weighted by atomic mass is 79.9. The number of aromatic nitrogens is 2. The van der Waals surface area contributed by atoms with Crippen molar-refractivity contribution in [2.75, 3.05) is 13.6 Å². The molecule has 196 valence electrons. The summed E-state index contributed by atoms with van der Waals surface area (Å²) in [5, 5.41) is 9.49. The number of amides is 1. The monoisotopic (exact) mass is 648 g/mol. The molecule has 1 heterocycles. The van der Waals surface area contributed by atoms with Crippen molar-refractivity contribution in [2.24, 2.45) is 0 Å². The van der Waals surface area contributed by atoms with Crippen LogP contribution in [0.4, 0.5) is 0 Å². The molecule has 4 rings (SSSR count). The third-order valence-corrected chi connectivity index (χ3v) is 6.55. The van der Waals surface area contributed by atoms with Gasteiger partial charge in [-0.2, -0.15) is 0 Å². The number of imidazole rings is 1. The zero-order chi connectivity index (χ0) is 24.9. The summed E-state index contributed by atoms with van der Waals surface area (Å²) in [6.45, 7) is 3.06. The molecule has 0 spiro atoms. The topological polar surface area (TPSA) is 71.1 Å². The Balaban J connectivity index is 0.00000241. The van der Waals surface area contributed by atoms with E-state index in [-0.39, 0.29) is 57.8 Å². The van der Waals surface area contributed by atoms with E-state index < -0.39 is 0 Å². The van der Waals surface area contributed by atoms with Crippen LogP contribution in [-0.2, 0) is 30.7 Å². The molecule has 6 nitrogen and oxygen atoms in total. The minimum atomic E-state index is -0.0868. The summed E-state index contributed by atoms with van der Waals surface area (Å²) >= 11 is 5.97. The number of carbonyl (C=O) groups excluding carboxylic acids is 2. The molecular formula is C28H31Br2ClN4O2. The summed E-state index contributed by atoms with van der Waals surface area (Å²) in [5.41, 5.74) is 4.66. The SMILES string of the molecule is Br.Br.CCc1cccc2c1n(CCN(C)C(=O)Cc1ccccc1)c(=N)n2CC(=O)c1ccc(Cl)cc1. The summed E-state index contributed by atoms with van der Waals surface area (Å²) < 4.78 is 3.66. The third kappa shape index (κ3) is 7.00. The Morgan fingerprint density at radius 3 is 2.24 bits per heavy atom. The Bertz CT molecular complexity index is 1420. The first-order valence-electron chi connectivity index (χ1n) is 11.7. The predicted molar refractivity (Wildman–Crippen MR) is 159 cm³/mol. The Morgan fingerprint density at radius 1 is 0.919 bits per heavy atom. The van der Waals surface area contributed by atoms with Crippen molar-refractivity contribution in [3.05, 3.63) is 100 Å². The van der Waals surface area contributed by atoms with Gasteiger partial charge in [-0.15, -0.1) is 34.0 Å². The van der Waals surface area contributed by atoms with Crippen molar-refractivity contribution in [3.8, 4) is 0 Å². The van der Waals surface area contributed by atoms with Crippen LogP contribution < -0.4 is 5.62 Å². The van der Waals surface area contributed by atoms with E-state index in [0.29, 0.717) is 30.1 Å². The predicted octanol–water partition coefficient (Wildman–Crippen LogP) is 5.88. The van der Waals surface area contributed by atoms with Crippen molar-refractivity contribution in [3.63, 3.8) is 0 Å². The molecule has 0 radical (unpaired) electrons. The molecule has 3 aromatic carbocycles. The van der Waals surface area contributed by atoms with Gasteiger partial charge >= 0.3 is 0 Å². The Hall–Kier alpha value is -2.68. The number of halogens is 3. The average Bonchev–Trinajstić information content (AvgIpc) is 3.14. The maximum atomic E-state index is 13.0. The third-order valence-electron chi connectivity index (χ3n) is 6.30. The maximum absolute atomic E-state index is 13.0. The number of aryl methyl sites for hydroxylation is 1. The number of Topliss-reactive ketones (excluding diaryl/α,β-unsaturated/α-hetero) is 1. The summed E-state index contributed by atoms with van der Waals surface area (Å²) in [4.78, 5) is 27.5. The van der Waals surface area contributed by atoms with Crippen molar-refractivity contribution in [1.29, 1.82) is 5.41 Å². The molecule has 0 saturated heterocycles. The fourth-order valence-electron chi connectivity index (χ4n) is 4.29. The molecule has 4 aromatic rings. The van der Waals surface area contributed by atoms with Crippen LogP contribution in [0.1, 0.15) is 28.4 Å². The number of carbonyl (C=O) groups is 2. The summed E-state index contributed by atoms with van der Waals surface area (Å²) in [5.74, 6) is -0.0584. The zero-order valence-electron chi connectivity index (χ0n) is 20.8. The molecule has 0 saturated carbocycles. The van der Waals surface area contributed by atoms with Crippen molar-refractivity contribution >= 4 is 68.3 Å². The van der Waals surface area contributed by atoms with E-state index in [0.717, 1.165) is 28.6 Å². The number of nitrogens with one attached hydrogen (secondary N) is 1. The second-order valence-electron chi connectivity index (χ2n) is 8.61. The van der Waals surface area contributed by atoms with Crippen LogP contribution >= 0.6 is 45.6 Å². The minimum absolute atomic E-state index is 0. The van der Waals surface area contributed by atoms with Crippen LogP contribution in [0.5, 0.6) is 0 Å². The van der Waals surface area contributed by atoms with Crippen LogP contribution in [0.2, 0.25) is 5.02 Å². The van der Waals surface area contributed by atoms with Gasteiger partial charge in [0.05, 0.1) is 24.0 Å². The van der Waals surface area contributed by atoms with Gasteiger partial charge in [0.15, 0.2) is 5.78 Å². The van der Waals surface area contributed by atoms with Gasteiger partial charge < -0.3 is 14.0 Å². The molecule has 1 aromatic heterocycles. The summed E-state index contributed by atoms with van der Waals surface area (Å²) in [7, 11) is 1.79. The van der Waals surface area contributed by atoms with E-state index >= 15 is 0 Å². The first-order chi connectivity index (χ1) is 16.9. The summed E-state index contributed by atoms with van der Waals surface area (Å²) in [6.07, 6.45) is 1.14.